The quantitative estimate of drug-likeness (QED) is 0.537. The maximum atomic E-state index is 12.8. The highest BCUT2D eigenvalue weighted by molar-refractivity contribution is 7.88. The highest BCUT2D eigenvalue weighted by Gasteiger charge is 2.33. The summed E-state index contributed by atoms with van der Waals surface area (Å²) < 4.78 is 62.2. The van der Waals surface area contributed by atoms with Gasteiger partial charge in [0.25, 0.3) is 0 Å². The van der Waals surface area contributed by atoms with Crippen LogP contribution in [0.3, 0.4) is 0 Å². The van der Waals surface area contributed by atoms with Crippen molar-refractivity contribution in [2.75, 3.05) is 24.7 Å². The van der Waals surface area contributed by atoms with E-state index in [9.17, 15) is 21.6 Å². The Bertz CT molecular complexity index is 630. The molecule has 0 saturated heterocycles. The number of nitrogens with one attached hydrogen (secondary N) is 2. The van der Waals surface area contributed by atoms with E-state index in [0.29, 0.717) is 5.69 Å². The molecule has 10 heteroatoms. The van der Waals surface area contributed by atoms with E-state index in [-0.39, 0.29) is 23.6 Å². The molecule has 0 aromatic heterocycles. The van der Waals surface area contributed by atoms with Crippen molar-refractivity contribution in [1.29, 1.82) is 0 Å². The molecule has 0 heterocycles. The minimum atomic E-state index is -4.55. The van der Waals surface area contributed by atoms with Crippen molar-refractivity contribution in [3.8, 4) is 0 Å². The van der Waals surface area contributed by atoms with Crippen molar-refractivity contribution < 1.29 is 21.6 Å². The number of benzene rings is 1. The van der Waals surface area contributed by atoms with Crippen molar-refractivity contribution in [2.24, 2.45) is 5.73 Å². The lowest BCUT2D eigenvalue weighted by Crippen LogP contribution is -2.27. The molecule has 0 spiro atoms. The molecule has 0 aliphatic heterocycles. The van der Waals surface area contributed by atoms with Gasteiger partial charge < -0.3 is 11.1 Å². The Kier molecular flexibility index (Phi) is 5.54. The monoisotopic (exact) mass is 341 g/mol. The molecule has 1 rings (SSSR count). The van der Waals surface area contributed by atoms with Crippen LogP contribution in [0.5, 0.6) is 0 Å². The Labute approximate surface area is 125 Å². The summed E-state index contributed by atoms with van der Waals surface area (Å²) >= 11 is 4.62. The van der Waals surface area contributed by atoms with E-state index >= 15 is 0 Å². The number of sulfonamides is 1. The van der Waals surface area contributed by atoms with Crippen molar-refractivity contribution in [3.05, 3.63) is 29.3 Å². The molecule has 0 unspecified atom stereocenters. The van der Waals surface area contributed by atoms with E-state index in [1.54, 1.807) is 0 Å². The third-order valence-corrected chi connectivity index (χ3v) is 3.36. The highest BCUT2D eigenvalue weighted by atomic mass is 32.2. The van der Waals surface area contributed by atoms with Crippen LogP contribution < -0.4 is 15.8 Å². The summed E-state index contributed by atoms with van der Waals surface area (Å²) in [4.78, 5) is -0.361. The van der Waals surface area contributed by atoms with Gasteiger partial charge in [0.15, 0.2) is 0 Å². The third kappa shape index (κ3) is 5.86. The minimum Gasteiger partial charge on any atom is -0.389 e. The fraction of sp³-hybridized carbons (Fsp3) is 0.364. The van der Waals surface area contributed by atoms with E-state index in [0.717, 1.165) is 12.3 Å². The van der Waals surface area contributed by atoms with Gasteiger partial charge in [0.2, 0.25) is 10.0 Å². The molecule has 0 amide bonds. The molecular formula is C11H14F3N3O2S2. The van der Waals surface area contributed by atoms with Gasteiger partial charge >= 0.3 is 6.18 Å². The van der Waals surface area contributed by atoms with Crippen LogP contribution in [0.15, 0.2) is 18.2 Å². The second-order valence-electron chi connectivity index (χ2n) is 4.22. The standard InChI is InChI=1S/C11H14F3N3O2S2/c1-21(18,19)17-5-4-16-7-2-3-9(11(12,13)14)8(6-7)10(15)20/h2-3,6,16-17H,4-5H2,1H3,(H2,15,20). The average molecular weight is 341 g/mol. The lowest BCUT2D eigenvalue weighted by atomic mass is 10.1. The molecule has 0 radical (unpaired) electrons. The largest absolute Gasteiger partial charge is 0.417 e. The molecule has 0 aliphatic carbocycles. The predicted octanol–water partition coefficient (Wildman–Crippen LogP) is 1.30. The zero-order valence-corrected chi connectivity index (χ0v) is 12.6. The van der Waals surface area contributed by atoms with Gasteiger partial charge in [0.05, 0.1) is 11.8 Å². The summed E-state index contributed by atoms with van der Waals surface area (Å²) in [6, 6.07) is 3.29. The average Bonchev–Trinajstić information content (AvgIpc) is 2.32. The summed E-state index contributed by atoms with van der Waals surface area (Å²) in [7, 11) is -3.31. The van der Waals surface area contributed by atoms with Crippen LogP contribution in [0.25, 0.3) is 0 Å². The van der Waals surface area contributed by atoms with Gasteiger partial charge in [0.1, 0.15) is 4.99 Å². The van der Waals surface area contributed by atoms with Gasteiger partial charge in [-0.25, -0.2) is 13.1 Å². The zero-order chi connectivity index (χ0) is 16.3. The van der Waals surface area contributed by atoms with Crippen LogP contribution >= 0.6 is 12.2 Å². The smallest absolute Gasteiger partial charge is 0.389 e. The molecule has 0 fully saturated rings. The first kappa shape index (κ1) is 17.7. The Morgan fingerprint density at radius 2 is 1.95 bits per heavy atom. The number of thiocarbonyl (C=S) groups is 1. The molecule has 1 aromatic rings. The highest BCUT2D eigenvalue weighted by Crippen LogP contribution is 2.33. The van der Waals surface area contributed by atoms with E-state index in [4.69, 9.17) is 5.73 Å². The summed E-state index contributed by atoms with van der Waals surface area (Å²) in [5.41, 5.74) is 4.48. The predicted molar refractivity (Wildman–Crippen MR) is 78.7 cm³/mol. The fourth-order valence-corrected chi connectivity index (χ4v) is 2.19. The topological polar surface area (TPSA) is 84.2 Å². The molecule has 118 valence electrons. The number of anilines is 1. The first-order chi connectivity index (χ1) is 9.50. The molecule has 5 nitrogen and oxygen atoms in total. The van der Waals surface area contributed by atoms with Crippen LogP contribution in [-0.2, 0) is 16.2 Å². The second kappa shape index (κ2) is 6.58. The van der Waals surface area contributed by atoms with Gasteiger partial charge in [-0.15, -0.1) is 0 Å². The maximum absolute atomic E-state index is 12.8. The van der Waals surface area contributed by atoms with Gasteiger partial charge in [-0.1, -0.05) is 12.2 Å². The number of hydrogen-bond acceptors (Lipinski definition) is 4. The maximum Gasteiger partial charge on any atom is 0.417 e. The number of hydrogen-bond donors (Lipinski definition) is 3. The van der Waals surface area contributed by atoms with Crippen molar-refractivity contribution in [2.45, 2.75) is 6.18 Å². The SMILES string of the molecule is CS(=O)(=O)NCCNc1ccc(C(F)(F)F)c(C(N)=S)c1. The molecule has 0 bridgehead atoms. The number of rotatable bonds is 6. The fourth-order valence-electron chi connectivity index (χ4n) is 1.55. The number of nitrogens with two attached hydrogens (primary N) is 1. The summed E-state index contributed by atoms with van der Waals surface area (Å²) in [5.74, 6) is 0. The molecule has 0 atom stereocenters. The van der Waals surface area contributed by atoms with Crippen LogP contribution in [-0.4, -0.2) is 32.8 Å². The number of alkyl halides is 3. The first-order valence-corrected chi connectivity index (χ1v) is 8.00. The Morgan fingerprint density at radius 1 is 1.33 bits per heavy atom. The Morgan fingerprint density at radius 3 is 2.43 bits per heavy atom. The van der Waals surface area contributed by atoms with Gasteiger partial charge in [-0.2, -0.15) is 13.2 Å². The van der Waals surface area contributed by atoms with Gasteiger partial charge in [0, 0.05) is 24.3 Å². The number of halogens is 3. The van der Waals surface area contributed by atoms with Gasteiger partial charge in [-0.05, 0) is 18.2 Å². The normalized spacial score (nSPS) is 12.2. The summed E-state index contributed by atoms with van der Waals surface area (Å²) in [6.07, 6.45) is -3.54. The zero-order valence-electron chi connectivity index (χ0n) is 11.0. The Hall–Kier alpha value is -1.39. The first-order valence-electron chi connectivity index (χ1n) is 5.70. The van der Waals surface area contributed by atoms with Crippen molar-refractivity contribution >= 4 is 32.9 Å². The molecule has 0 aliphatic rings. The van der Waals surface area contributed by atoms with Gasteiger partial charge in [-0.3, -0.25) is 0 Å². The van der Waals surface area contributed by atoms with E-state index in [1.165, 1.54) is 12.1 Å². The summed E-state index contributed by atoms with van der Waals surface area (Å²) in [5, 5.41) is 2.78. The van der Waals surface area contributed by atoms with E-state index < -0.39 is 21.8 Å². The second-order valence-corrected chi connectivity index (χ2v) is 6.49. The molecule has 1 aromatic carbocycles. The molecule has 21 heavy (non-hydrogen) atoms. The third-order valence-electron chi connectivity index (χ3n) is 2.41. The molecule has 0 saturated carbocycles. The van der Waals surface area contributed by atoms with E-state index in [1.807, 2.05) is 0 Å². The minimum absolute atomic E-state index is 0.0995. The molecular weight excluding hydrogens is 327 g/mol. The van der Waals surface area contributed by atoms with Crippen molar-refractivity contribution in [1.82, 2.24) is 4.72 Å². The van der Waals surface area contributed by atoms with Crippen LogP contribution in [0.1, 0.15) is 11.1 Å². The molecule has 4 N–H and O–H groups in total. The Balaban J connectivity index is 2.82. The lowest BCUT2D eigenvalue weighted by molar-refractivity contribution is -0.137. The van der Waals surface area contributed by atoms with Crippen LogP contribution in [0, 0.1) is 0 Å². The van der Waals surface area contributed by atoms with Crippen molar-refractivity contribution in [3.63, 3.8) is 0 Å². The van der Waals surface area contributed by atoms with Crippen LogP contribution in [0.2, 0.25) is 0 Å². The van der Waals surface area contributed by atoms with E-state index in [2.05, 4.69) is 22.3 Å². The van der Waals surface area contributed by atoms with Crippen LogP contribution in [0.4, 0.5) is 18.9 Å². The lowest BCUT2D eigenvalue weighted by Gasteiger charge is -2.14. The summed E-state index contributed by atoms with van der Waals surface area (Å²) in [6.45, 7) is 0.303.